The van der Waals surface area contributed by atoms with Crippen LogP contribution in [0.2, 0.25) is 0 Å². The minimum atomic E-state index is -4.44. The number of hydrogen-bond donors (Lipinski definition) is 0. The molecule has 0 bridgehead atoms. The average Bonchev–Trinajstić information content (AvgIpc) is 3.29. The number of rotatable bonds is 4. The molecule has 2 aromatic heterocycles. The Hall–Kier alpha value is -1.67. The lowest BCUT2D eigenvalue weighted by molar-refractivity contribution is -0.142. The fraction of sp³-hybridized carbons (Fsp3) is 0.684. The van der Waals surface area contributed by atoms with Gasteiger partial charge in [-0.25, -0.2) is 9.50 Å². The Morgan fingerprint density at radius 2 is 1.96 bits per heavy atom. The fourth-order valence-electron chi connectivity index (χ4n) is 4.13. The zero-order valence-corrected chi connectivity index (χ0v) is 15.5. The second kappa shape index (κ2) is 7.39. The van der Waals surface area contributed by atoms with Crippen molar-refractivity contribution in [3.8, 4) is 0 Å². The molecule has 1 atom stereocenters. The lowest BCUT2D eigenvalue weighted by atomic mass is 9.93. The first kappa shape index (κ1) is 18.7. The zero-order chi connectivity index (χ0) is 19.0. The molecule has 2 aliphatic heterocycles. The number of aryl methyl sites for hydroxylation is 1. The summed E-state index contributed by atoms with van der Waals surface area (Å²) < 4.78 is 46.7. The van der Waals surface area contributed by atoms with E-state index in [1.54, 1.807) is 13.0 Å². The molecule has 27 heavy (non-hydrogen) atoms. The van der Waals surface area contributed by atoms with E-state index >= 15 is 0 Å². The van der Waals surface area contributed by atoms with Crippen molar-refractivity contribution in [2.75, 3.05) is 32.8 Å². The number of hydrogen-bond acceptors (Lipinski definition) is 4. The Balaban J connectivity index is 1.51. The van der Waals surface area contributed by atoms with E-state index < -0.39 is 11.9 Å². The number of nitrogens with zero attached hydrogens (tertiary/aromatic N) is 4. The van der Waals surface area contributed by atoms with Gasteiger partial charge in [-0.2, -0.15) is 18.3 Å². The summed E-state index contributed by atoms with van der Waals surface area (Å²) in [4.78, 5) is 6.79. The standard InChI is InChI=1S/C19H25F3N4O/c1-2-15-9-17(19(20,21)22)26-18(23-15)10-16(24-26)14-3-6-25(7-4-14)11-13-5-8-27-12-13/h9-10,13-14H,2-8,11-12H2,1H3/t13-/m1/s1. The summed E-state index contributed by atoms with van der Waals surface area (Å²) in [5.74, 6) is 0.802. The van der Waals surface area contributed by atoms with Gasteiger partial charge in [0.1, 0.15) is 5.69 Å². The molecule has 4 rings (SSSR count). The first-order valence-corrected chi connectivity index (χ1v) is 9.71. The Morgan fingerprint density at radius 1 is 1.19 bits per heavy atom. The number of likely N-dealkylation sites (tertiary alicyclic amines) is 1. The number of halogens is 3. The number of fused-ring (bicyclic) bond motifs is 1. The summed E-state index contributed by atoms with van der Waals surface area (Å²) in [6, 6.07) is 2.84. The zero-order valence-electron chi connectivity index (χ0n) is 15.5. The molecule has 8 heteroatoms. The van der Waals surface area contributed by atoms with Crippen LogP contribution in [0.4, 0.5) is 13.2 Å². The second-order valence-electron chi connectivity index (χ2n) is 7.63. The average molecular weight is 382 g/mol. The lowest BCUT2D eigenvalue weighted by Gasteiger charge is -2.32. The van der Waals surface area contributed by atoms with E-state index in [1.807, 2.05) is 0 Å². The van der Waals surface area contributed by atoms with Gasteiger partial charge in [0.2, 0.25) is 0 Å². The minimum Gasteiger partial charge on any atom is -0.381 e. The summed E-state index contributed by atoms with van der Waals surface area (Å²) in [5, 5.41) is 4.30. The van der Waals surface area contributed by atoms with Crippen LogP contribution in [0.3, 0.4) is 0 Å². The second-order valence-corrected chi connectivity index (χ2v) is 7.63. The highest BCUT2D eigenvalue weighted by Gasteiger charge is 2.35. The highest BCUT2D eigenvalue weighted by atomic mass is 19.4. The Kier molecular flexibility index (Phi) is 5.11. The van der Waals surface area contributed by atoms with Crippen molar-refractivity contribution in [2.24, 2.45) is 5.92 Å². The molecule has 0 amide bonds. The van der Waals surface area contributed by atoms with Gasteiger partial charge in [-0.1, -0.05) is 6.92 Å². The maximum absolute atomic E-state index is 13.4. The van der Waals surface area contributed by atoms with Gasteiger partial charge >= 0.3 is 6.18 Å². The van der Waals surface area contributed by atoms with E-state index in [9.17, 15) is 13.2 Å². The quantitative estimate of drug-likeness (QED) is 0.811. The third-order valence-corrected chi connectivity index (χ3v) is 5.70. The molecule has 2 fully saturated rings. The SMILES string of the molecule is CCc1cc(C(F)(F)F)n2nc(C3CCN(C[C@H]4CCOC4)CC3)cc2n1. The van der Waals surface area contributed by atoms with E-state index in [4.69, 9.17) is 4.74 Å². The molecule has 0 aliphatic carbocycles. The molecule has 0 spiro atoms. The summed E-state index contributed by atoms with van der Waals surface area (Å²) in [6.45, 7) is 6.47. The maximum atomic E-state index is 13.4. The Morgan fingerprint density at radius 3 is 2.59 bits per heavy atom. The van der Waals surface area contributed by atoms with Crippen LogP contribution in [0.1, 0.15) is 49.2 Å². The van der Waals surface area contributed by atoms with E-state index in [2.05, 4.69) is 15.0 Å². The predicted octanol–water partition coefficient (Wildman–Crippen LogP) is 3.53. The molecule has 0 aromatic carbocycles. The van der Waals surface area contributed by atoms with Crippen molar-refractivity contribution in [1.82, 2.24) is 19.5 Å². The summed E-state index contributed by atoms with van der Waals surface area (Å²) in [6.07, 6.45) is -1.03. The third kappa shape index (κ3) is 3.96. The molecular weight excluding hydrogens is 357 g/mol. The predicted molar refractivity (Wildman–Crippen MR) is 94.7 cm³/mol. The van der Waals surface area contributed by atoms with E-state index in [0.717, 1.165) is 68.4 Å². The van der Waals surface area contributed by atoms with Crippen molar-refractivity contribution in [3.05, 3.63) is 29.2 Å². The molecule has 2 saturated heterocycles. The van der Waals surface area contributed by atoms with Crippen LogP contribution in [-0.4, -0.2) is 52.3 Å². The van der Waals surface area contributed by atoms with Crippen molar-refractivity contribution >= 4 is 5.65 Å². The normalized spacial score (nSPS) is 22.7. The monoisotopic (exact) mass is 382 g/mol. The summed E-state index contributed by atoms with van der Waals surface area (Å²) in [5.41, 5.74) is 0.719. The number of alkyl halides is 3. The highest BCUT2D eigenvalue weighted by molar-refractivity contribution is 5.43. The van der Waals surface area contributed by atoms with Crippen LogP contribution in [0.15, 0.2) is 12.1 Å². The van der Waals surface area contributed by atoms with Crippen LogP contribution in [0.5, 0.6) is 0 Å². The Labute approximate surface area is 156 Å². The molecule has 0 radical (unpaired) electrons. The van der Waals surface area contributed by atoms with Gasteiger partial charge in [0, 0.05) is 30.8 Å². The maximum Gasteiger partial charge on any atom is 0.433 e. The van der Waals surface area contributed by atoms with Crippen LogP contribution in [-0.2, 0) is 17.3 Å². The number of piperidine rings is 1. The smallest absolute Gasteiger partial charge is 0.381 e. The van der Waals surface area contributed by atoms with Gasteiger partial charge in [0.15, 0.2) is 5.65 Å². The van der Waals surface area contributed by atoms with Crippen LogP contribution in [0.25, 0.3) is 5.65 Å². The van der Waals surface area contributed by atoms with Crippen molar-refractivity contribution < 1.29 is 17.9 Å². The van der Waals surface area contributed by atoms with Gasteiger partial charge in [-0.05, 0) is 50.8 Å². The third-order valence-electron chi connectivity index (χ3n) is 5.70. The van der Waals surface area contributed by atoms with Gasteiger partial charge in [0.05, 0.1) is 12.3 Å². The Bertz CT molecular complexity index is 790. The molecule has 0 N–H and O–H groups in total. The van der Waals surface area contributed by atoms with E-state index in [0.29, 0.717) is 23.7 Å². The molecule has 0 saturated carbocycles. The summed E-state index contributed by atoms with van der Waals surface area (Å²) in [7, 11) is 0. The molecule has 2 aliphatic rings. The molecule has 5 nitrogen and oxygen atoms in total. The van der Waals surface area contributed by atoms with Crippen molar-refractivity contribution in [3.63, 3.8) is 0 Å². The van der Waals surface area contributed by atoms with Crippen LogP contribution in [0, 0.1) is 5.92 Å². The minimum absolute atomic E-state index is 0.189. The number of ether oxygens (including phenoxy) is 1. The number of aromatic nitrogens is 3. The van der Waals surface area contributed by atoms with Crippen molar-refractivity contribution in [1.29, 1.82) is 0 Å². The molecular formula is C19H25F3N4O. The van der Waals surface area contributed by atoms with Gasteiger partial charge in [-0.15, -0.1) is 0 Å². The van der Waals surface area contributed by atoms with E-state index in [-0.39, 0.29) is 5.92 Å². The largest absolute Gasteiger partial charge is 0.433 e. The van der Waals surface area contributed by atoms with Crippen LogP contribution < -0.4 is 0 Å². The van der Waals surface area contributed by atoms with Gasteiger partial charge < -0.3 is 9.64 Å². The molecule has 4 heterocycles. The topological polar surface area (TPSA) is 42.7 Å². The molecule has 0 unspecified atom stereocenters. The van der Waals surface area contributed by atoms with Gasteiger partial charge in [0.25, 0.3) is 0 Å². The molecule has 2 aromatic rings. The fourth-order valence-corrected chi connectivity index (χ4v) is 4.13. The summed E-state index contributed by atoms with van der Waals surface area (Å²) >= 11 is 0. The van der Waals surface area contributed by atoms with Crippen LogP contribution >= 0.6 is 0 Å². The van der Waals surface area contributed by atoms with Gasteiger partial charge in [-0.3, -0.25) is 0 Å². The lowest BCUT2D eigenvalue weighted by Crippen LogP contribution is -2.36. The highest BCUT2D eigenvalue weighted by Crippen LogP contribution is 2.33. The van der Waals surface area contributed by atoms with Crippen molar-refractivity contribution in [2.45, 2.75) is 44.7 Å². The van der Waals surface area contributed by atoms with E-state index in [1.165, 1.54) is 0 Å². The first-order valence-electron chi connectivity index (χ1n) is 9.71. The first-order chi connectivity index (χ1) is 12.9. The molecule has 148 valence electrons.